The summed E-state index contributed by atoms with van der Waals surface area (Å²) in [5.41, 5.74) is 8.83. The van der Waals surface area contributed by atoms with Gasteiger partial charge in [-0.15, -0.1) is 0 Å². The van der Waals surface area contributed by atoms with Crippen molar-refractivity contribution in [3.63, 3.8) is 0 Å². The number of benzene rings is 2. The van der Waals surface area contributed by atoms with Crippen molar-refractivity contribution >= 4 is 17.6 Å². The van der Waals surface area contributed by atoms with Crippen LogP contribution in [0.15, 0.2) is 36.4 Å². The molecular formula is C30H40O2. The third-order valence-corrected chi connectivity index (χ3v) is 7.10. The summed E-state index contributed by atoms with van der Waals surface area (Å²) in [6.07, 6.45) is 10.9. The maximum Gasteiger partial charge on any atom is 0.335 e. The number of fused-ring (bicyclic) bond motifs is 1. The van der Waals surface area contributed by atoms with Gasteiger partial charge in [-0.05, 0) is 82.5 Å². The minimum absolute atomic E-state index is 0.177. The lowest BCUT2D eigenvalue weighted by Crippen LogP contribution is -2.18. The molecular weight excluding hydrogens is 392 g/mol. The normalized spacial score (nSPS) is 16.8. The lowest BCUT2D eigenvalue weighted by molar-refractivity contribution is 0.0697. The first-order chi connectivity index (χ1) is 15.0. The van der Waals surface area contributed by atoms with Crippen molar-refractivity contribution in [2.24, 2.45) is 0 Å². The highest BCUT2D eigenvalue weighted by Gasteiger charge is 2.42. The molecule has 0 unspecified atom stereocenters. The quantitative estimate of drug-likeness (QED) is 0.319. The fraction of sp³-hybridized carbons (Fsp3) is 0.500. The van der Waals surface area contributed by atoms with Crippen molar-refractivity contribution in [3.8, 4) is 0 Å². The van der Waals surface area contributed by atoms with E-state index in [0.29, 0.717) is 5.56 Å². The van der Waals surface area contributed by atoms with Crippen LogP contribution < -0.4 is 0 Å². The third-order valence-electron chi connectivity index (χ3n) is 7.10. The van der Waals surface area contributed by atoms with Crippen molar-refractivity contribution in [2.45, 2.75) is 97.3 Å². The van der Waals surface area contributed by atoms with E-state index in [9.17, 15) is 9.90 Å². The van der Waals surface area contributed by atoms with Crippen LogP contribution in [0.3, 0.4) is 0 Å². The standard InChI is InChI=1S/C30H40O2/c1-7-8-9-10-11-12-24-18-26-27(30(5,6)20-29(26,3)4)19-25(24)21(2)17-22-13-15-23(16-14-22)28(31)32/h13-19H,7-12,20H2,1-6H3,(H,31,32). The number of allylic oxidation sites excluding steroid dienone is 1. The van der Waals surface area contributed by atoms with Gasteiger partial charge >= 0.3 is 5.97 Å². The Morgan fingerprint density at radius 1 is 0.938 bits per heavy atom. The van der Waals surface area contributed by atoms with Gasteiger partial charge in [0.2, 0.25) is 0 Å². The molecule has 0 saturated heterocycles. The van der Waals surface area contributed by atoms with Crippen molar-refractivity contribution < 1.29 is 9.90 Å². The number of unbranched alkanes of at least 4 members (excludes halogenated alkanes) is 4. The number of hydrogen-bond acceptors (Lipinski definition) is 1. The summed E-state index contributed by atoms with van der Waals surface area (Å²) in [6.45, 7) is 14.0. The first-order valence-corrected chi connectivity index (χ1v) is 12.2. The molecule has 2 nitrogen and oxygen atoms in total. The summed E-state index contributed by atoms with van der Waals surface area (Å²) in [4.78, 5) is 11.2. The first-order valence-electron chi connectivity index (χ1n) is 12.2. The Morgan fingerprint density at radius 3 is 2.12 bits per heavy atom. The Balaban J connectivity index is 1.99. The molecule has 0 aliphatic heterocycles. The molecule has 0 atom stereocenters. The predicted molar refractivity (Wildman–Crippen MR) is 137 cm³/mol. The molecule has 0 aromatic heterocycles. The van der Waals surface area contributed by atoms with E-state index in [4.69, 9.17) is 0 Å². The van der Waals surface area contributed by atoms with Crippen LogP contribution in [0.4, 0.5) is 0 Å². The number of aryl methyl sites for hydroxylation is 1. The van der Waals surface area contributed by atoms with E-state index in [0.717, 1.165) is 12.0 Å². The highest BCUT2D eigenvalue weighted by molar-refractivity contribution is 5.88. The molecule has 32 heavy (non-hydrogen) atoms. The van der Waals surface area contributed by atoms with Gasteiger partial charge in [-0.2, -0.15) is 0 Å². The number of carboxylic acid groups (broad SMARTS) is 1. The van der Waals surface area contributed by atoms with Crippen LogP contribution in [0.5, 0.6) is 0 Å². The van der Waals surface area contributed by atoms with E-state index >= 15 is 0 Å². The van der Waals surface area contributed by atoms with Gasteiger partial charge < -0.3 is 5.11 Å². The van der Waals surface area contributed by atoms with Crippen LogP contribution >= 0.6 is 0 Å². The molecule has 0 spiro atoms. The molecule has 1 aliphatic rings. The molecule has 3 rings (SSSR count). The number of aromatic carboxylic acids is 1. The lowest BCUT2D eigenvalue weighted by Gasteiger charge is -2.22. The summed E-state index contributed by atoms with van der Waals surface area (Å²) in [7, 11) is 0. The largest absolute Gasteiger partial charge is 0.478 e. The van der Waals surface area contributed by atoms with Crippen LogP contribution in [0.2, 0.25) is 0 Å². The maximum atomic E-state index is 11.2. The summed E-state index contributed by atoms with van der Waals surface area (Å²) in [5, 5.41) is 9.17. The van der Waals surface area contributed by atoms with Crippen LogP contribution in [-0.4, -0.2) is 11.1 Å². The van der Waals surface area contributed by atoms with E-state index in [2.05, 4.69) is 59.8 Å². The van der Waals surface area contributed by atoms with Crippen LogP contribution in [0.1, 0.15) is 118 Å². The molecule has 0 amide bonds. The number of rotatable bonds is 9. The zero-order valence-corrected chi connectivity index (χ0v) is 20.8. The molecule has 0 bridgehead atoms. The number of carbonyl (C=O) groups is 1. The Bertz CT molecular complexity index is 990. The van der Waals surface area contributed by atoms with Crippen molar-refractivity contribution in [1.29, 1.82) is 0 Å². The average Bonchev–Trinajstić information content (AvgIpc) is 2.90. The minimum atomic E-state index is -0.883. The highest BCUT2D eigenvalue weighted by atomic mass is 16.4. The van der Waals surface area contributed by atoms with Crippen molar-refractivity contribution in [3.05, 3.63) is 69.8 Å². The molecule has 0 heterocycles. The van der Waals surface area contributed by atoms with E-state index in [-0.39, 0.29) is 10.8 Å². The van der Waals surface area contributed by atoms with E-state index in [1.807, 2.05) is 12.1 Å². The van der Waals surface area contributed by atoms with E-state index in [1.54, 1.807) is 12.1 Å². The Labute approximate surface area is 194 Å². The molecule has 1 aliphatic carbocycles. The smallest absolute Gasteiger partial charge is 0.335 e. The SMILES string of the molecule is CCCCCCCc1cc2c(cc1C(C)=Cc1ccc(C(=O)O)cc1)C(C)(C)CC2(C)C. The monoisotopic (exact) mass is 432 g/mol. The van der Waals surface area contributed by atoms with Crippen molar-refractivity contribution in [2.75, 3.05) is 0 Å². The Morgan fingerprint density at radius 2 is 1.53 bits per heavy atom. The second kappa shape index (κ2) is 9.65. The zero-order chi connectivity index (χ0) is 23.5. The van der Waals surface area contributed by atoms with Gasteiger partial charge in [-0.1, -0.05) is 90.6 Å². The molecule has 0 radical (unpaired) electrons. The molecule has 0 saturated carbocycles. The Hall–Kier alpha value is -2.35. The van der Waals surface area contributed by atoms with E-state index in [1.165, 1.54) is 66.4 Å². The van der Waals surface area contributed by atoms with Crippen LogP contribution in [0, 0.1) is 0 Å². The minimum Gasteiger partial charge on any atom is -0.478 e. The number of carboxylic acids is 1. The fourth-order valence-corrected chi connectivity index (χ4v) is 5.60. The fourth-order valence-electron chi connectivity index (χ4n) is 5.60. The van der Waals surface area contributed by atoms with Gasteiger partial charge in [0.25, 0.3) is 0 Å². The Kier molecular flexibility index (Phi) is 7.32. The predicted octanol–water partition coefficient (Wildman–Crippen LogP) is 8.42. The summed E-state index contributed by atoms with van der Waals surface area (Å²) >= 11 is 0. The van der Waals surface area contributed by atoms with Gasteiger partial charge in [0, 0.05) is 0 Å². The van der Waals surface area contributed by atoms with Gasteiger partial charge in [0.15, 0.2) is 0 Å². The molecule has 0 fully saturated rings. The highest BCUT2D eigenvalue weighted by Crippen LogP contribution is 2.50. The van der Waals surface area contributed by atoms with Crippen LogP contribution in [0.25, 0.3) is 11.6 Å². The zero-order valence-electron chi connectivity index (χ0n) is 20.8. The van der Waals surface area contributed by atoms with Gasteiger partial charge in [0.05, 0.1) is 5.56 Å². The van der Waals surface area contributed by atoms with Crippen LogP contribution in [-0.2, 0) is 17.3 Å². The molecule has 2 aromatic carbocycles. The third kappa shape index (κ3) is 5.34. The average molecular weight is 433 g/mol. The molecule has 2 heteroatoms. The topological polar surface area (TPSA) is 37.3 Å². The summed E-state index contributed by atoms with van der Waals surface area (Å²) < 4.78 is 0. The molecule has 1 N–H and O–H groups in total. The second-order valence-corrected chi connectivity index (χ2v) is 10.9. The summed E-state index contributed by atoms with van der Waals surface area (Å²) in [6, 6.07) is 12.1. The van der Waals surface area contributed by atoms with Gasteiger partial charge in [-0.3, -0.25) is 0 Å². The van der Waals surface area contributed by atoms with E-state index < -0.39 is 5.97 Å². The summed E-state index contributed by atoms with van der Waals surface area (Å²) in [5.74, 6) is -0.883. The first kappa shape index (κ1) is 24.3. The van der Waals surface area contributed by atoms with Gasteiger partial charge in [0.1, 0.15) is 0 Å². The molecule has 172 valence electrons. The lowest BCUT2D eigenvalue weighted by atomic mass is 9.82. The second-order valence-electron chi connectivity index (χ2n) is 10.9. The maximum absolute atomic E-state index is 11.2. The van der Waals surface area contributed by atoms with Gasteiger partial charge in [-0.25, -0.2) is 4.79 Å². The molecule has 2 aromatic rings. The number of hydrogen-bond donors (Lipinski definition) is 1. The van der Waals surface area contributed by atoms with Crippen molar-refractivity contribution in [1.82, 2.24) is 0 Å².